The van der Waals surface area contributed by atoms with Crippen LogP contribution in [-0.2, 0) is 32.7 Å². The van der Waals surface area contributed by atoms with Crippen LogP contribution in [-0.4, -0.2) is 98.3 Å². The minimum atomic E-state index is -5.12. The normalized spacial score (nSPS) is 22.8. The molecule has 0 aromatic carbocycles. The molecule has 6 N–H and O–H groups in total. The Labute approximate surface area is 354 Å². The summed E-state index contributed by atoms with van der Waals surface area (Å²) in [5.74, 6) is -1.14. The number of phosphoric ester groups is 1. The van der Waals surface area contributed by atoms with E-state index in [-0.39, 0.29) is 12.8 Å². The molecule has 6 unspecified atom stereocenters. The van der Waals surface area contributed by atoms with Gasteiger partial charge in [0.1, 0.15) is 43.2 Å². The first-order valence-corrected chi connectivity index (χ1v) is 23.9. The van der Waals surface area contributed by atoms with E-state index in [2.05, 4.69) is 62.5 Å². The maximum atomic E-state index is 12.8. The van der Waals surface area contributed by atoms with Crippen LogP contribution >= 0.6 is 7.82 Å². The van der Waals surface area contributed by atoms with Crippen LogP contribution in [0.25, 0.3) is 0 Å². The summed E-state index contributed by atoms with van der Waals surface area (Å²) in [6, 6.07) is 0. The molecule has 0 amide bonds. The Kier molecular flexibility index (Phi) is 32.9. The molecule has 0 aromatic rings. The number of rotatable bonds is 36. The second-order valence-corrected chi connectivity index (χ2v) is 16.9. The summed E-state index contributed by atoms with van der Waals surface area (Å²) in [5, 5.41) is 50.1. The van der Waals surface area contributed by atoms with Gasteiger partial charge in [-0.25, -0.2) is 4.57 Å². The highest BCUT2D eigenvalue weighted by molar-refractivity contribution is 7.47. The molecule has 1 rings (SSSR count). The van der Waals surface area contributed by atoms with Crippen LogP contribution in [0.5, 0.6) is 0 Å². The monoisotopic (exact) mass is 859 g/mol. The first-order valence-electron chi connectivity index (χ1n) is 22.4. The molecule has 0 bridgehead atoms. The van der Waals surface area contributed by atoms with Crippen molar-refractivity contribution in [2.24, 2.45) is 0 Å². The van der Waals surface area contributed by atoms with Crippen molar-refractivity contribution in [1.29, 1.82) is 0 Å². The average molecular weight is 859 g/mol. The van der Waals surface area contributed by atoms with E-state index in [0.717, 1.165) is 83.5 Å². The Hall–Kier alpha value is -2.19. The predicted octanol–water partition coefficient (Wildman–Crippen LogP) is 8.39. The summed E-state index contributed by atoms with van der Waals surface area (Å²) in [6.45, 7) is 3.21. The van der Waals surface area contributed by atoms with Gasteiger partial charge in [0, 0.05) is 12.8 Å². The summed E-state index contributed by atoms with van der Waals surface area (Å²) >= 11 is 0. The second-order valence-electron chi connectivity index (χ2n) is 15.5. The van der Waals surface area contributed by atoms with Gasteiger partial charge in [-0.15, -0.1) is 0 Å². The Morgan fingerprint density at radius 1 is 0.525 bits per heavy atom. The Balaban J connectivity index is 2.51. The lowest BCUT2D eigenvalue weighted by Gasteiger charge is -2.41. The first-order chi connectivity index (χ1) is 28.4. The topological polar surface area (TPSA) is 210 Å². The molecule has 0 aromatic heterocycles. The number of ether oxygens (including phenoxy) is 2. The lowest BCUT2D eigenvalue weighted by Crippen LogP contribution is -2.64. The van der Waals surface area contributed by atoms with Gasteiger partial charge in [0.05, 0.1) is 6.61 Å². The smallest absolute Gasteiger partial charge is 0.462 e. The molecule has 0 aliphatic heterocycles. The summed E-state index contributed by atoms with van der Waals surface area (Å²) in [7, 11) is -5.12. The number of aliphatic hydroxyl groups is 5. The van der Waals surface area contributed by atoms with Crippen molar-refractivity contribution in [3.8, 4) is 0 Å². The van der Waals surface area contributed by atoms with E-state index in [1.807, 2.05) is 0 Å². The van der Waals surface area contributed by atoms with Gasteiger partial charge in [-0.05, 0) is 77.0 Å². The highest BCUT2D eigenvalue weighted by Gasteiger charge is 2.51. The van der Waals surface area contributed by atoms with Gasteiger partial charge in [0.15, 0.2) is 6.10 Å². The Morgan fingerprint density at radius 2 is 0.915 bits per heavy atom. The molecule has 0 spiro atoms. The third-order valence-corrected chi connectivity index (χ3v) is 11.1. The van der Waals surface area contributed by atoms with Crippen molar-refractivity contribution in [1.82, 2.24) is 0 Å². The fraction of sp³-hybridized carbons (Fsp3) is 0.778. The van der Waals surface area contributed by atoms with Gasteiger partial charge < -0.3 is 39.9 Å². The summed E-state index contributed by atoms with van der Waals surface area (Å²) in [4.78, 5) is 35.6. The minimum Gasteiger partial charge on any atom is -0.462 e. The van der Waals surface area contributed by atoms with Gasteiger partial charge in [-0.3, -0.25) is 18.6 Å². The van der Waals surface area contributed by atoms with Gasteiger partial charge in [-0.1, -0.05) is 127 Å². The molecule has 13 nitrogen and oxygen atoms in total. The van der Waals surface area contributed by atoms with Crippen LogP contribution in [0.3, 0.4) is 0 Å². The molecular formula is C45H79O13P. The molecule has 14 heteroatoms. The van der Waals surface area contributed by atoms with Crippen molar-refractivity contribution >= 4 is 19.8 Å². The standard InChI is InChI=1S/C45H79O13P/c1-3-5-7-9-11-13-15-17-18-19-20-22-24-26-28-30-32-34-39(47)57-37(36-56-59(53,54)58-45-43(51)41(49)40(48)42(50)44(45)52)35-55-38(46)33-31-29-27-25-23-21-16-14-12-10-8-6-4-2/h11,13-14,16-18,20,22,37,40-45,48-52H,3-10,12,15,19,21,23-36H2,1-2H3,(H,53,54)/b13-11-,16-14-,18-17-,22-20-/t37-,40?,41-,42?,43?,44?,45?/m1/s1. The maximum absolute atomic E-state index is 12.8. The molecule has 8 atom stereocenters. The summed E-state index contributed by atoms with van der Waals surface area (Å²) in [6.07, 6.45) is 27.4. The van der Waals surface area contributed by atoms with Crippen LogP contribution in [0, 0.1) is 0 Å². The number of hydrogen-bond donors (Lipinski definition) is 6. The van der Waals surface area contributed by atoms with Gasteiger partial charge in [0.2, 0.25) is 0 Å². The zero-order valence-corrected chi connectivity index (χ0v) is 36.9. The van der Waals surface area contributed by atoms with Crippen molar-refractivity contribution in [3.05, 3.63) is 48.6 Å². The van der Waals surface area contributed by atoms with E-state index in [4.69, 9.17) is 18.5 Å². The highest BCUT2D eigenvalue weighted by atomic mass is 31.2. The minimum absolute atomic E-state index is 0.0682. The first kappa shape index (κ1) is 54.8. The number of esters is 2. The predicted molar refractivity (Wildman–Crippen MR) is 230 cm³/mol. The van der Waals surface area contributed by atoms with Crippen LogP contribution in [0.1, 0.15) is 168 Å². The zero-order chi connectivity index (χ0) is 43.6. The lowest BCUT2D eigenvalue weighted by atomic mass is 9.85. The molecule has 0 radical (unpaired) electrons. The van der Waals surface area contributed by atoms with E-state index in [9.17, 15) is 44.6 Å². The van der Waals surface area contributed by atoms with E-state index in [0.29, 0.717) is 12.8 Å². The quantitative estimate of drug-likeness (QED) is 0.0152. The van der Waals surface area contributed by atoms with Gasteiger partial charge >= 0.3 is 19.8 Å². The molecule has 0 saturated heterocycles. The van der Waals surface area contributed by atoms with Gasteiger partial charge in [0.25, 0.3) is 0 Å². The average Bonchev–Trinajstić information content (AvgIpc) is 3.21. The fourth-order valence-electron chi connectivity index (χ4n) is 6.46. The third-order valence-electron chi connectivity index (χ3n) is 10.1. The lowest BCUT2D eigenvalue weighted by molar-refractivity contribution is -0.220. The second kappa shape index (κ2) is 35.4. The van der Waals surface area contributed by atoms with Crippen molar-refractivity contribution < 1.29 is 63.1 Å². The SMILES string of the molecule is CCCCC/C=C\C/C=C\C/C=C\CCCCCCC(=O)O[C@H](COC(=O)CCCCCCC/C=C\CCCCCC)COP(=O)(O)OC1C(O)C(O)C(O)[C@@H](O)C1O. The Morgan fingerprint density at radius 3 is 1.44 bits per heavy atom. The van der Waals surface area contributed by atoms with E-state index in [1.165, 1.54) is 44.9 Å². The van der Waals surface area contributed by atoms with E-state index >= 15 is 0 Å². The van der Waals surface area contributed by atoms with Crippen molar-refractivity contribution in [2.45, 2.75) is 211 Å². The zero-order valence-electron chi connectivity index (χ0n) is 36.0. The number of allylic oxidation sites excluding steroid dienone is 8. The van der Waals surface area contributed by atoms with Gasteiger partial charge in [-0.2, -0.15) is 0 Å². The maximum Gasteiger partial charge on any atom is 0.472 e. The third kappa shape index (κ3) is 28.1. The molecule has 1 aliphatic carbocycles. The summed E-state index contributed by atoms with van der Waals surface area (Å²) in [5.41, 5.74) is 0. The van der Waals surface area contributed by atoms with Crippen molar-refractivity contribution in [3.63, 3.8) is 0 Å². The van der Waals surface area contributed by atoms with Crippen LogP contribution in [0.4, 0.5) is 0 Å². The van der Waals surface area contributed by atoms with E-state index < -0.39 is 75.7 Å². The summed E-state index contributed by atoms with van der Waals surface area (Å²) < 4.78 is 33.4. The number of hydrogen-bond acceptors (Lipinski definition) is 12. The molecule has 1 saturated carbocycles. The molecule has 342 valence electrons. The number of phosphoric acid groups is 1. The fourth-order valence-corrected chi connectivity index (χ4v) is 7.44. The number of aliphatic hydroxyl groups excluding tert-OH is 5. The molecule has 59 heavy (non-hydrogen) atoms. The largest absolute Gasteiger partial charge is 0.472 e. The molecule has 0 heterocycles. The number of carbonyl (C=O) groups is 2. The molecular weight excluding hydrogens is 779 g/mol. The van der Waals surface area contributed by atoms with Crippen molar-refractivity contribution in [2.75, 3.05) is 13.2 Å². The van der Waals surface area contributed by atoms with E-state index in [1.54, 1.807) is 0 Å². The molecule has 1 fully saturated rings. The highest BCUT2D eigenvalue weighted by Crippen LogP contribution is 2.47. The van der Waals surface area contributed by atoms with Crippen LogP contribution in [0.15, 0.2) is 48.6 Å². The Bertz CT molecular complexity index is 1220. The number of unbranched alkanes of at least 4 members (excludes halogenated alkanes) is 16. The number of carbonyl (C=O) groups excluding carboxylic acids is 2. The molecule has 1 aliphatic rings. The van der Waals surface area contributed by atoms with Crippen LogP contribution < -0.4 is 0 Å². The van der Waals surface area contributed by atoms with Crippen LogP contribution in [0.2, 0.25) is 0 Å².